The number of aliphatic hydroxyl groups excluding tert-OH is 1. The van der Waals surface area contributed by atoms with Crippen LogP contribution in [0.3, 0.4) is 0 Å². The van der Waals surface area contributed by atoms with E-state index in [1.807, 2.05) is 12.1 Å². The summed E-state index contributed by atoms with van der Waals surface area (Å²) >= 11 is 0. The maximum absolute atomic E-state index is 11.1. The third kappa shape index (κ3) is 1.84. The lowest BCUT2D eigenvalue weighted by molar-refractivity contribution is -0.0220. The van der Waals surface area contributed by atoms with Crippen LogP contribution in [-0.2, 0) is 21.3 Å². The summed E-state index contributed by atoms with van der Waals surface area (Å²) in [6.45, 7) is 0.854. The summed E-state index contributed by atoms with van der Waals surface area (Å²) in [5, 5.41) is 21.9. The Bertz CT molecular complexity index is 776. The molecule has 0 radical (unpaired) electrons. The van der Waals surface area contributed by atoms with Crippen molar-refractivity contribution in [2.45, 2.75) is 42.7 Å². The minimum absolute atomic E-state index is 0.188. The Kier molecular flexibility index (Phi) is 3.90. The first-order valence-corrected chi connectivity index (χ1v) is 9.08. The zero-order valence-corrected chi connectivity index (χ0v) is 15.8. The Morgan fingerprint density at radius 3 is 2.54 bits per heavy atom. The van der Waals surface area contributed by atoms with E-state index in [-0.39, 0.29) is 5.75 Å². The molecule has 3 aliphatic rings. The molecule has 0 aromatic heterocycles. The van der Waals surface area contributed by atoms with Crippen LogP contribution >= 0.6 is 0 Å². The van der Waals surface area contributed by atoms with Crippen LogP contribution in [0.1, 0.15) is 30.4 Å². The van der Waals surface area contributed by atoms with Gasteiger partial charge in [0, 0.05) is 11.0 Å². The van der Waals surface area contributed by atoms with Gasteiger partial charge in [0.15, 0.2) is 23.0 Å². The van der Waals surface area contributed by atoms with E-state index in [1.54, 1.807) is 21.3 Å². The second kappa shape index (κ2) is 5.79. The number of methoxy groups -OCH3 is 3. The number of phenolic OH excluding ortho intramolecular Hbond substituents is 1. The Hall–Kier alpha value is -1.92. The number of nitrogens with zero attached hydrogens (tertiary/aromatic N) is 1. The van der Waals surface area contributed by atoms with Gasteiger partial charge in [-0.15, -0.1) is 0 Å². The van der Waals surface area contributed by atoms with Crippen LogP contribution in [0.5, 0.6) is 11.5 Å². The van der Waals surface area contributed by atoms with Crippen LogP contribution in [0.25, 0.3) is 0 Å². The largest absolute Gasteiger partial charge is 0.504 e. The minimum atomic E-state index is -0.772. The molecule has 1 unspecified atom stereocenters. The summed E-state index contributed by atoms with van der Waals surface area (Å²) in [6.07, 6.45) is 2.22. The number of fused-ring (bicyclic) bond motifs is 1. The van der Waals surface area contributed by atoms with Crippen molar-refractivity contribution in [2.24, 2.45) is 0 Å². The van der Waals surface area contributed by atoms with Gasteiger partial charge in [-0.2, -0.15) is 0 Å². The van der Waals surface area contributed by atoms with Crippen LogP contribution in [0.2, 0.25) is 0 Å². The smallest absolute Gasteiger partial charge is 0.163 e. The highest BCUT2D eigenvalue weighted by molar-refractivity contribution is 5.60. The molecule has 1 aliphatic heterocycles. The molecule has 0 amide bonds. The van der Waals surface area contributed by atoms with Crippen LogP contribution < -0.4 is 4.74 Å². The standard InChI is InChI=1S/C20H27NO5/c1-21-10-9-19-11-13(22)17(25-3)18(26-4)20(19,21)8-7-12-5-6-14(24-2)16(23)15(12)19/h5-6,13,22-23H,7-11H2,1-4H3/t13?,19-,20+/m0/s1. The highest BCUT2D eigenvalue weighted by atomic mass is 16.5. The van der Waals surface area contributed by atoms with Gasteiger partial charge in [-0.25, -0.2) is 0 Å². The number of aryl methyl sites for hydroxylation is 1. The zero-order chi connectivity index (χ0) is 18.7. The lowest BCUT2D eigenvalue weighted by Gasteiger charge is -2.56. The van der Waals surface area contributed by atoms with E-state index in [0.29, 0.717) is 23.7 Å². The molecule has 26 heavy (non-hydrogen) atoms. The van der Waals surface area contributed by atoms with Crippen molar-refractivity contribution in [3.05, 3.63) is 34.8 Å². The van der Waals surface area contributed by atoms with Crippen molar-refractivity contribution in [3.63, 3.8) is 0 Å². The molecule has 0 saturated carbocycles. The molecule has 0 spiro atoms. The van der Waals surface area contributed by atoms with Gasteiger partial charge in [0.2, 0.25) is 0 Å². The van der Waals surface area contributed by atoms with E-state index < -0.39 is 17.1 Å². The molecule has 6 heteroatoms. The van der Waals surface area contributed by atoms with E-state index in [1.165, 1.54) is 0 Å². The van der Waals surface area contributed by atoms with Crippen LogP contribution in [-0.4, -0.2) is 61.7 Å². The fraction of sp³-hybridized carbons (Fsp3) is 0.600. The Balaban J connectivity index is 2.05. The number of likely N-dealkylation sites (N-methyl/N-ethyl adjacent to an activating group) is 1. The van der Waals surface area contributed by atoms with Gasteiger partial charge in [-0.3, -0.25) is 4.90 Å². The van der Waals surface area contributed by atoms with E-state index in [0.717, 1.165) is 36.9 Å². The first-order valence-electron chi connectivity index (χ1n) is 9.08. The minimum Gasteiger partial charge on any atom is -0.504 e. The zero-order valence-electron chi connectivity index (χ0n) is 15.8. The molecule has 142 valence electrons. The van der Waals surface area contributed by atoms with Crippen LogP contribution in [0.15, 0.2) is 23.7 Å². The molecular formula is C20H27NO5. The first-order chi connectivity index (χ1) is 12.5. The lowest BCUT2D eigenvalue weighted by Crippen LogP contribution is -2.63. The van der Waals surface area contributed by atoms with Crippen LogP contribution in [0, 0.1) is 0 Å². The number of hydrogen-bond donors (Lipinski definition) is 2. The van der Waals surface area contributed by atoms with Gasteiger partial charge in [0.05, 0.1) is 26.9 Å². The number of ether oxygens (including phenoxy) is 3. The highest BCUT2D eigenvalue weighted by Crippen LogP contribution is 2.64. The summed E-state index contributed by atoms with van der Waals surface area (Å²) in [7, 11) is 6.87. The fourth-order valence-electron chi connectivity index (χ4n) is 5.87. The summed E-state index contributed by atoms with van der Waals surface area (Å²) in [5.41, 5.74) is 1.14. The summed E-state index contributed by atoms with van der Waals surface area (Å²) in [4.78, 5) is 2.30. The van der Waals surface area contributed by atoms with Gasteiger partial charge in [-0.1, -0.05) is 6.07 Å². The maximum atomic E-state index is 11.1. The molecule has 1 fully saturated rings. The normalized spacial score (nSPS) is 33.3. The monoisotopic (exact) mass is 361 g/mol. The van der Waals surface area contributed by atoms with E-state index >= 15 is 0 Å². The third-order valence-electron chi connectivity index (χ3n) is 6.87. The van der Waals surface area contributed by atoms with Crippen molar-refractivity contribution in [3.8, 4) is 11.5 Å². The third-order valence-corrected chi connectivity index (χ3v) is 6.87. The Labute approximate surface area is 154 Å². The maximum Gasteiger partial charge on any atom is 0.163 e. The quantitative estimate of drug-likeness (QED) is 0.857. The van der Waals surface area contributed by atoms with E-state index in [4.69, 9.17) is 14.2 Å². The summed E-state index contributed by atoms with van der Waals surface area (Å²) < 4.78 is 16.8. The van der Waals surface area contributed by atoms with Crippen molar-refractivity contribution in [2.75, 3.05) is 34.9 Å². The number of hydrogen-bond acceptors (Lipinski definition) is 6. The molecule has 1 saturated heterocycles. The molecular weight excluding hydrogens is 334 g/mol. The average molecular weight is 361 g/mol. The van der Waals surface area contributed by atoms with E-state index in [9.17, 15) is 10.2 Å². The van der Waals surface area contributed by atoms with Gasteiger partial charge >= 0.3 is 0 Å². The first kappa shape index (κ1) is 17.5. The number of likely N-dealkylation sites (tertiary alicyclic amines) is 1. The van der Waals surface area contributed by atoms with Crippen molar-refractivity contribution in [1.82, 2.24) is 4.90 Å². The van der Waals surface area contributed by atoms with Crippen molar-refractivity contribution in [1.29, 1.82) is 0 Å². The summed E-state index contributed by atoms with van der Waals surface area (Å²) in [6, 6.07) is 3.86. The molecule has 0 bridgehead atoms. The van der Waals surface area contributed by atoms with Gasteiger partial charge < -0.3 is 24.4 Å². The molecule has 2 N–H and O–H groups in total. The molecule has 6 nitrogen and oxygen atoms in total. The summed E-state index contributed by atoms with van der Waals surface area (Å²) in [5.74, 6) is 1.85. The molecule has 1 aromatic rings. The molecule has 3 atom stereocenters. The average Bonchev–Trinajstić information content (AvgIpc) is 2.93. The van der Waals surface area contributed by atoms with Gasteiger partial charge in [-0.05, 0) is 50.9 Å². The fourth-order valence-corrected chi connectivity index (χ4v) is 5.87. The Morgan fingerprint density at radius 1 is 1.12 bits per heavy atom. The SMILES string of the molecule is COC1=C(OC)[C@]23CCc4ccc(OC)c(O)c4[C@]2(CCN3C)CC1O. The highest BCUT2D eigenvalue weighted by Gasteiger charge is 2.68. The number of aliphatic hydroxyl groups is 1. The molecule has 1 heterocycles. The van der Waals surface area contributed by atoms with E-state index in [2.05, 4.69) is 11.9 Å². The second-order valence-corrected chi connectivity index (χ2v) is 7.59. The number of phenols is 1. The number of rotatable bonds is 3. The molecule has 4 rings (SSSR count). The Morgan fingerprint density at radius 2 is 1.88 bits per heavy atom. The second-order valence-electron chi connectivity index (χ2n) is 7.59. The van der Waals surface area contributed by atoms with Gasteiger partial charge in [0.25, 0.3) is 0 Å². The number of benzene rings is 1. The molecule has 1 aromatic carbocycles. The van der Waals surface area contributed by atoms with Crippen LogP contribution in [0.4, 0.5) is 0 Å². The topological polar surface area (TPSA) is 71.4 Å². The predicted octanol–water partition coefficient (Wildman–Crippen LogP) is 1.93. The van der Waals surface area contributed by atoms with Crippen molar-refractivity contribution >= 4 is 0 Å². The lowest BCUT2D eigenvalue weighted by atomic mass is 9.53. The van der Waals surface area contributed by atoms with Gasteiger partial charge in [0.1, 0.15) is 6.10 Å². The van der Waals surface area contributed by atoms with Crippen molar-refractivity contribution < 1.29 is 24.4 Å². The predicted molar refractivity (Wildman–Crippen MR) is 96.3 cm³/mol. The molecule has 2 aliphatic carbocycles. The number of aromatic hydroxyl groups is 1.